The van der Waals surface area contributed by atoms with Crippen LogP contribution in [-0.2, 0) is 0 Å². The van der Waals surface area contributed by atoms with Gasteiger partial charge in [-0.25, -0.2) is 18.3 Å². The van der Waals surface area contributed by atoms with E-state index in [2.05, 4.69) is 15.3 Å². The minimum Gasteiger partial charge on any atom is -0.382 e. The highest BCUT2D eigenvalue weighted by molar-refractivity contribution is 5.97. The molecule has 1 aliphatic carbocycles. The van der Waals surface area contributed by atoms with Gasteiger partial charge in [0.15, 0.2) is 5.82 Å². The summed E-state index contributed by atoms with van der Waals surface area (Å²) in [5.41, 5.74) is 7.59. The largest absolute Gasteiger partial charge is 0.382 e. The predicted molar refractivity (Wildman–Crippen MR) is 128 cm³/mol. The summed E-state index contributed by atoms with van der Waals surface area (Å²) in [6.45, 7) is 2.92. The van der Waals surface area contributed by atoms with E-state index in [1.165, 1.54) is 25.7 Å². The van der Waals surface area contributed by atoms with Gasteiger partial charge in [-0.3, -0.25) is 4.90 Å². The standard InChI is InChI=1S/C25H28F2N6O/c26-18-10-11-20(27)21(16-18)33-24(28)23(22(30-33)17-6-2-1-3-7-17)29-25(34)32-14-12-31(13-15-32)19-8-4-5-9-19/h1-3,6-7,10-11,16,19H,4-5,8-9,12-15,28H2,(H,29,34). The normalized spacial score (nSPS) is 17.3. The average molecular weight is 467 g/mol. The number of carbonyl (C=O) groups excluding carboxylic acids is 1. The molecule has 1 aromatic heterocycles. The van der Waals surface area contributed by atoms with Crippen molar-refractivity contribution in [3.63, 3.8) is 0 Å². The number of rotatable bonds is 4. The number of hydrogen-bond acceptors (Lipinski definition) is 4. The number of piperazine rings is 1. The molecular weight excluding hydrogens is 438 g/mol. The van der Waals surface area contributed by atoms with Gasteiger partial charge in [0.05, 0.1) is 0 Å². The number of nitrogens with zero attached hydrogens (tertiary/aromatic N) is 4. The molecule has 3 aromatic rings. The average Bonchev–Trinajstić information content (AvgIpc) is 3.51. The van der Waals surface area contributed by atoms with Crippen LogP contribution in [0.15, 0.2) is 48.5 Å². The van der Waals surface area contributed by atoms with E-state index in [9.17, 15) is 13.6 Å². The van der Waals surface area contributed by atoms with Crippen LogP contribution in [0.5, 0.6) is 0 Å². The molecule has 1 saturated heterocycles. The van der Waals surface area contributed by atoms with Crippen LogP contribution in [0.25, 0.3) is 16.9 Å². The summed E-state index contributed by atoms with van der Waals surface area (Å²) in [6.07, 6.45) is 5.03. The smallest absolute Gasteiger partial charge is 0.322 e. The predicted octanol–water partition coefficient (Wildman–Crippen LogP) is 4.49. The number of benzene rings is 2. The highest BCUT2D eigenvalue weighted by atomic mass is 19.1. The maximum absolute atomic E-state index is 14.5. The summed E-state index contributed by atoms with van der Waals surface area (Å²) in [4.78, 5) is 17.4. The Morgan fingerprint density at radius 2 is 1.71 bits per heavy atom. The van der Waals surface area contributed by atoms with Gasteiger partial charge < -0.3 is 16.0 Å². The van der Waals surface area contributed by atoms with Gasteiger partial charge in [0, 0.05) is 43.9 Å². The molecule has 0 atom stereocenters. The van der Waals surface area contributed by atoms with Crippen molar-refractivity contribution >= 4 is 17.5 Å². The van der Waals surface area contributed by atoms with Crippen molar-refractivity contribution in [3.8, 4) is 16.9 Å². The fourth-order valence-corrected chi connectivity index (χ4v) is 4.93. The second-order valence-corrected chi connectivity index (χ2v) is 8.87. The molecule has 2 aliphatic rings. The van der Waals surface area contributed by atoms with E-state index in [-0.39, 0.29) is 23.2 Å². The zero-order chi connectivity index (χ0) is 23.7. The van der Waals surface area contributed by atoms with Crippen LogP contribution < -0.4 is 11.1 Å². The number of carbonyl (C=O) groups is 1. The van der Waals surface area contributed by atoms with Gasteiger partial charge in [0.1, 0.15) is 28.7 Å². The first kappa shape index (κ1) is 22.3. The van der Waals surface area contributed by atoms with E-state index in [4.69, 9.17) is 5.73 Å². The highest BCUT2D eigenvalue weighted by Gasteiger charge is 2.29. The van der Waals surface area contributed by atoms with Crippen molar-refractivity contribution in [3.05, 3.63) is 60.2 Å². The quantitative estimate of drug-likeness (QED) is 0.594. The van der Waals surface area contributed by atoms with Crippen LogP contribution in [0.3, 0.4) is 0 Å². The lowest BCUT2D eigenvalue weighted by molar-refractivity contribution is 0.115. The molecule has 1 saturated carbocycles. The van der Waals surface area contributed by atoms with Gasteiger partial charge in [-0.05, 0) is 25.0 Å². The molecule has 5 rings (SSSR count). The SMILES string of the molecule is Nc1c(NC(=O)N2CCN(C3CCCC3)CC2)c(-c2ccccc2)nn1-c1cc(F)ccc1F. The lowest BCUT2D eigenvalue weighted by atomic mass is 10.1. The van der Waals surface area contributed by atoms with E-state index >= 15 is 0 Å². The third-order valence-corrected chi connectivity index (χ3v) is 6.78. The molecule has 1 aliphatic heterocycles. The monoisotopic (exact) mass is 466 g/mol. The first-order valence-electron chi connectivity index (χ1n) is 11.7. The zero-order valence-electron chi connectivity index (χ0n) is 18.9. The van der Waals surface area contributed by atoms with Gasteiger partial charge in [0.25, 0.3) is 0 Å². The maximum Gasteiger partial charge on any atom is 0.322 e. The van der Waals surface area contributed by atoms with Crippen molar-refractivity contribution in [2.24, 2.45) is 0 Å². The topological polar surface area (TPSA) is 79.4 Å². The fourth-order valence-electron chi connectivity index (χ4n) is 4.93. The summed E-state index contributed by atoms with van der Waals surface area (Å²) in [6, 6.07) is 12.6. The van der Waals surface area contributed by atoms with Gasteiger partial charge >= 0.3 is 6.03 Å². The molecule has 2 amide bonds. The molecule has 9 heteroatoms. The molecule has 34 heavy (non-hydrogen) atoms. The van der Waals surface area contributed by atoms with Crippen LogP contribution in [0.4, 0.5) is 25.1 Å². The van der Waals surface area contributed by atoms with Gasteiger partial charge in [0.2, 0.25) is 0 Å². The molecule has 2 aromatic carbocycles. The molecule has 3 N–H and O–H groups in total. The van der Waals surface area contributed by atoms with Crippen molar-refractivity contribution in [2.45, 2.75) is 31.7 Å². The van der Waals surface area contributed by atoms with E-state index in [1.54, 1.807) is 4.90 Å². The summed E-state index contributed by atoms with van der Waals surface area (Å²) in [5, 5.41) is 7.36. The Morgan fingerprint density at radius 3 is 2.41 bits per heavy atom. The number of urea groups is 1. The van der Waals surface area contributed by atoms with E-state index in [1.807, 2.05) is 30.3 Å². The van der Waals surface area contributed by atoms with Gasteiger partial charge in [-0.1, -0.05) is 43.2 Å². The number of aromatic nitrogens is 2. The molecule has 0 bridgehead atoms. The minimum atomic E-state index is -0.670. The lowest BCUT2D eigenvalue weighted by Gasteiger charge is -2.38. The first-order chi connectivity index (χ1) is 16.5. The Morgan fingerprint density at radius 1 is 1.00 bits per heavy atom. The molecule has 0 spiro atoms. The number of amides is 2. The van der Waals surface area contributed by atoms with Crippen molar-refractivity contribution in [1.82, 2.24) is 19.6 Å². The Kier molecular flexibility index (Phi) is 6.19. The Labute approximate surface area is 197 Å². The second kappa shape index (κ2) is 9.42. The van der Waals surface area contributed by atoms with E-state index < -0.39 is 11.6 Å². The van der Waals surface area contributed by atoms with Gasteiger partial charge in [-0.2, -0.15) is 5.10 Å². The molecule has 178 valence electrons. The highest BCUT2D eigenvalue weighted by Crippen LogP contribution is 2.35. The summed E-state index contributed by atoms with van der Waals surface area (Å²) >= 11 is 0. The Hall–Kier alpha value is -3.46. The summed E-state index contributed by atoms with van der Waals surface area (Å²) in [5.74, 6) is -1.25. The summed E-state index contributed by atoms with van der Waals surface area (Å²) < 4.78 is 29.5. The van der Waals surface area contributed by atoms with Crippen LogP contribution >= 0.6 is 0 Å². The number of anilines is 2. The molecule has 0 unspecified atom stereocenters. The fraction of sp³-hybridized carbons (Fsp3) is 0.360. The number of nitrogen functional groups attached to an aromatic ring is 1. The van der Waals surface area contributed by atoms with Crippen LogP contribution in [-0.4, -0.2) is 57.8 Å². The number of halogens is 2. The maximum atomic E-state index is 14.5. The first-order valence-corrected chi connectivity index (χ1v) is 11.7. The van der Waals surface area contributed by atoms with Crippen molar-refractivity contribution in [2.75, 3.05) is 37.2 Å². The number of nitrogens with two attached hydrogens (primary N) is 1. The van der Waals surface area contributed by atoms with Crippen molar-refractivity contribution in [1.29, 1.82) is 0 Å². The molecule has 2 heterocycles. The molecule has 0 radical (unpaired) electrons. The summed E-state index contributed by atoms with van der Waals surface area (Å²) in [7, 11) is 0. The Bertz CT molecular complexity index is 1170. The third-order valence-electron chi connectivity index (χ3n) is 6.78. The molecular formula is C25H28F2N6O. The minimum absolute atomic E-state index is 0.0290. The van der Waals surface area contributed by atoms with Gasteiger partial charge in [-0.15, -0.1) is 0 Å². The van der Waals surface area contributed by atoms with E-state index in [0.717, 1.165) is 36.0 Å². The number of hydrogen-bond donors (Lipinski definition) is 2. The van der Waals surface area contributed by atoms with Crippen molar-refractivity contribution < 1.29 is 13.6 Å². The Balaban J connectivity index is 1.42. The van der Waals surface area contributed by atoms with E-state index in [0.29, 0.717) is 30.4 Å². The van der Waals surface area contributed by atoms with Crippen LogP contribution in [0, 0.1) is 11.6 Å². The molecule has 2 fully saturated rings. The van der Waals surface area contributed by atoms with Crippen LogP contribution in [0.2, 0.25) is 0 Å². The van der Waals surface area contributed by atoms with Crippen LogP contribution in [0.1, 0.15) is 25.7 Å². The third kappa shape index (κ3) is 4.35. The zero-order valence-corrected chi connectivity index (χ0v) is 18.9. The number of nitrogens with one attached hydrogen (secondary N) is 1. The molecule has 7 nitrogen and oxygen atoms in total. The lowest BCUT2D eigenvalue weighted by Crippen LogP contribution is -2.52. The second-order valence-electron chi connectivity index (χ2n) is 8.87.